The van der Waals surface area contributed by atoms with Gasteiger partial charge in [-0.1, -0.05) is 38.8 Å². The van der Waals surface area contributed by atoms with Crippen LogP contribution in [0.4, 0.5) is 4.79 Å². The number of nitrogens with one attached hydrogen (secondary N) is 1. The summed E-state index contributed by atoms with van der Waals surface area (Å²) < 4.78 is 6.13. The molecule has 0 saturated heterocycles. The van der Waals surface area contributed by atoms with E-state index < -0.39 is 0 Å². The summed E-state index contributed by atoms with van der Waals surface area (Å²) in [6.45, 7) is 10.4. The van der Waals surface area contributed by atoms with E-state index in [9.17, 15) is 9.59 Å². The Morgan fingerprint density at radius 2 is 2.12 bits per heavy atom. The van der Waals surface area contributed by atoms with Crippen molar-refractivity contribution < 1.29 is 14.3 Å². The van der Waals surface area contributed by atoms with E-state index in [0.717, 1.165) is 36.1 Å². The molecular formula is C26H36ClN3O3S. The SMILES string of the molecule is CCCNC(=O)N(CC(=O)N1CCc2sccc2[C@@H]1COc1ccc(Cl)c(C)c1)C[C@H](C)CC. The summed E-state index contributed by atoms with van der Waals surface area (Å²) in [5.74, 6) is 0.999. The van der Waals surface area contributed by atoms with Crippen LogP contribution in [0.3, 0.4) is 0 Å². The minimum Gasteiger partial charge on any atom is -0.491 e. The first-order valence-electron chi connectivity index (χ1n) is 12.1. The van der Waals surface area contributed by atoms with Crippen molar-refractivity contribution in [2.75, 3.05) is 32.8 Å². The second-order valence-electron chi connectivity index (χ2n) is 9.00. The molecule has 0 saturated carbocycles. The highest BCUT2D eigenvalue weighted by atomic mass is 35.5. The first kappa shape index (κ1) is 26.4. The van der Waals surface area contributed by atoms with Crippen molar-refractivity contribution in [1.82, 2.24) is 15.1 Å². The number of ether oxygens (including phenoxy) is 1. The quantitative estimate of drug-likeness (QED) is 0.451. The second-order valence-corrected chi connectivity index (χ2v) is 10.4. The van der Waals surface area contributed by atoms with Gasteiger partial charge in [-0.15, -0.1) is 11.3 Å². The molecule has 1 aromatic heterocycles. The van der Waals surface area contributed by atoms with Gasteiger partial charge in [0.05, 0.1) is 6.04 Å². The van der Waals surface area contributed by atoms with Crippen molar-refractivity contribution >= 4 is 34.9 Å². The fourth-order valence-electron chi connectivity index (χ4n) is 4.08. The first-order valence-corrected chi connectivity index (χ1v) is 13.4. The number of fused-ring (bicyclic) bond motifs is 1. The Labute approximate surface area is 212 Å². The lowest BCUT2D eigenvalue weighted by molar-refractivity contribution is -0.135. The summed E-state index contributed by atoms with van der Waals surface area (Å²) in [6.07, 6.45) is 2.63. The molecule has 2 aromatic rings. The van der Waals surface area contributed by atoms with E-state index >= 15 is 0 Å². The summed E-state index contributed by atoms with van der Waals surface area (Å²) in [4.78, 5) is 31.2. The van der Waals surface area contributed by atoms with Gasteiger partial charge in [0.25, 0.3) is 0 Å². The van der Waals surface area contributed by atoms with Gasteiger partial charge >= 0.3 is 6.03 Å². The summed E-state index contributed by atoms with van der Waals surface area (Å²) in [6, 6.07) is 7.32. The van der Waals surface area contributed by atoms with Gasteiger partial charge < -0.3 is 19.9 Å². The molecule has 1 aliphatic heterocycles. The van der Waals surface area contributed by atoms with Crippen LogP contribution in [0.1, 0.15) is 55.7 Å². The van der Waals surface area contributed by atoms with E-state index in [0.29, 0.717) is 37.2 Å². The average molecular weight is 506 g/mol. The van der Waals surface area contributed by atoms with Crippen LogP contribution >= 0.6 is 22.9 Å². The first-order chi connectivity index (χ1) is 16.3. The standard InChI is InChI=1S/C26H36ClN3O3S/c1-5-11-28-26(32)29(15-18(3)6-2)16-25(31)30-12-9-24-21(10-13-34-24)23(30)17-33-20-7-8-22(27)19(4)14-20/h7-8,10,13-14,18,23H,5-6,9,11-12,15-17H2,1-4H3,(H,28,32)/t18-,23+/m1/s1. The largest absolute Gasteiger partial charge is 0.491 e. The number of hydrogen-bond acceptors (Lipinski definition) is 4. The Morgan fingerprint density at radius 3 is 2.82 bits per heavy atom. The second kappa shape index (κ2) is 12.5. The number of rotatable bonds is 10. The fourth-order valence-corrected chi connectivity index (χ4v) is 5.12. The molecule has 0 radical (unpaired) electrons. The van der Waals surface area contributed by atoms with E-state index in [-0.39, 0.29) is 24.5 Å². The molecular weight excluding hydrogens is 470 g/mol. The van der Waals surface area contributed by atoms with Crippen molar-refractivity contribution in [1.29, 1.82) is 0 Å². The molecule has 1 aromatic carbocycles. The molecule has 6 nitrogen and oxygen atoms in total. The Kier molecular flexibility index (Phi) is 9.65. The van der Waals surface area contributed by atoms with E-state index in [1.807, 2.05) is 36.9 Å². The zero-order valence-electron chi connectivity index (χ0n) is 20.6. The molecule has 3 amide bonds. The van der Waals surface area contributed by atoms with Gasteiger partial charge in [-0.25, -0.2) is 4.79 Å². The van der Waals surface area contributed by atoms with E-state index in [1.165, 1.54) is 4.88 Å². The molecule has 0 unspecified atom stereocenters. The minimum atomic E-state index is -0.192. The molecule has 0 aliphatic carbocycles. The van der Waals surface area contributed by atoms with Crippen LogP contribution in [0.15, 0.2) is 29.6 Å². The highest BCUT2D eigenvalue weighted by molar-refractivity contribution is 7.10. The lowest BCUT2D eigenvalue weighted by Gasteiger charge is -2.37. The molecule has 2 atom stereocenters. The molecule has 1 N–H and O–H groups in total. The van der Waals surface area contributed by atoms with Gasteiger partial charge in [-0.05, 0) is 66.5 Å². The van der Waals surface area contributed by atoms with Gasteiger partial charge in [-0.3, -0.25) is 4.79 Å². The molecule has 8 heteroatoms. The van der Waals surface area contributed by atoms with Crippen molar-refractivity contribution in [3.05, 3.63) is 50.7 Å². The van der Waals surface area contributed by atoms with Gasteiger partial charge in [0, 0.05) is 29.5 Å². The minimum absolute atomic E-state index is 0.0484. The number of nitrogens with zero attached hydrogens (tertiary/aromatic N) is 2. The average Bonchev–Trinajstić information content (AvgIpc) is 3.31. The number of amides is 3. The van der Waals surface area contributed by atoms with Gasteiger partial charge in [-0.2, -0.15) is 0 Å². The summed E-state index contributed by atoms with van der Waals surface area (Å²) in [5, 5.41) is 5.71. The van der Waals surface area contributed by atoms with Crippen LogP contribution < -0.4 is 10.1 Å². The van der Waals surface area contributed by atoms with Crippen LogP contribution in [0, 0.1) is 12.8 Å². The monoisotopic (exact) mass is 505 g/mol. The molecule has 0 bridgehead atoms. The Morgan fingerprint density at radius 1 is 1.32 bits per heavy atom. The number of carbonyl (C=O) groups excluding carboxylic acids is 2. The zero-order valence-corrected chi connectivity index (χ0v) is 22.2. The van der Waals surface area contributed by atoms with Gasteiger partial charge in [0.1, 0.15) is 18.9 Å². The third-order valence-corrected chi connectivity index (χ3v) is 7.74. The molecule has 186 valence electrons. The number of urea groups is 1. The third-order valence-electron chi connectivity index (χ3n) is 6.32. The fraction of sp³-hybridized carbons (Fsp3) is 0.538. The van der Waals surface area contributed by atoms with E-state index in [4.69, 9.17) is 16.3 Å². The molecule has 0 spiro atoms. The predicted molar refractivity (Wildman–Crippen MR) is 139 cm³/mol. The van der Waals surface area contributed by atoms with E-state index in [2.05, 4.69) is 30.6 Å². The topological polar surface area (TPSA) is 61.9 Å². The predicted octanol–water partition coefficient (Wildman–Crippen LogP) is 5.68. The number of hydrogen-bond donors (Lipinski definition) is 1. The van der Waals surface area contributed by atoms with Crippen LogP contribution in [0.2, 0.25) is 5.02 Å². The summed E-state index contributed by atoms with van der Waals surface area (Å²) in [7, 11) is 0. The van der Waals surface area contributed by atoms with Crippen LogP contribution in [-0.2, 0) is 11.2 Å². The maximum Gasteiger partial charge on any atom is 0.317 e. The van der Waals surface area contributed by atoms with Crippen molar-refractivity contribution in [3.63, 3.8) is 0 Å². The maximum atomic E-state index is 13.5. The van der Waals surface area contributed by atoms with Crippen molar-refractivity contribution in [2.24, 2.45) is 5.92 Å². The molecule has 34 heavy (non-hydrogen) atoms. The molecule has 0 fully saturated rings. The number of benzene rings is 1. The van der Waals surface area contributed by atoms with Crippen molar-refractivity contribution in [3.8, 4) is 5.75 Å². The van der Waals surface area contributed by atoms with Gasteiger partial charge in [0.15, 0.2) is 0 Å². The van der Waals surface area contributed by atoms with E-state index in [1.54, 1.807) is 16.2 Å². The van der Waals surface area contributed by atoms with Crippen LogP contribution in [-0.4, -0.2) is 54.5 Å². The highest BCUT2D eigenvalue weighted by Crippen LogP contribution is 2.34. The molecule has 2 heterocycles. The summed E-state index contributed by atoms with van der Waals surface area (Å²) in [5.41, 5.74) is 2.09. The number of halogens is 1. The Bertz CT molecular complexity index is 980. The molecule has 3 rings (SSSR count). The number of thiophene rings is 1. The zero-order chi connectivity index (χ0) is 24.7. The van der Waals surface area contributed by atoms with Crippen LogP contribution in [0.5, 0.6) is 5.75 Å². The smallest absolute Gasteiger partial charge is 0.317 e. The normalized spacial score (nSPS) is 16.0. The molecule has 1 aliphatic rings. The Hall–Kier alpha value is -2.25. The summed E-state index contributed by atoms with van der Waals surface area (Å²) >= 11 is 7.88. The number of carbonyl (C=O) groups is 2. The lowest BCUT2D eigenvalue weighted by atomic mass is 10.00. The highest BCUT2D eigenvalue weighted by Gasteiger charge is 2.33. The Balaban J connectivity index is 1.76. The number of aryl methyl sites for hydroxylation is 1. The third kappa shape index (κ3) is 6.66. The van der Waals surface area contributed by atoms with Gasteiger partial charge in [0.2, 0.25) is 5.91 Å². The van der Waals surface area contributed by atoms with Crippen LogP contribution in [0.25, 0.3) is 0 Å². The van der Waals surface area contributed by atoms with Crippen molar-refractivity contribution in [2.45, 2.75) is 53.0 Å². The lowest BCUT2D eigenvalue weighted by Crippen LogP contribution is -2.50. The maximum absolute atomic E-state index is 13.5.